The third-order valence-corrected chi connectivity index (χ3v) is 5.98. The highest BCUT2D eigenvalue weighted by Gasteiger charge is 2.28. The lowest BCUT2D eigenvalue weighted by molar-refractivity contribution is -0.132. The second-order valence-electron chi connectivity index (χ2n) is 7.97. The van der Waals surface area contributed by atoms with Crippen molar-refractivity contribution in [3.63, 3.8) is 0 Å². The van der Waals surface area contributed by atoms with Gasteiger partial charge < -0.3 is 15.4 Å². The standard InChI is InChI=1S/C25H27N3O3/c1-31-22-11-5-3-7-17(22)12-13-23(29)28-14-6-9-19(16-28)24-20(25(26)30)15-18-8-2-4-10-21(18)27-24/h2-5,7-8,10-11,15,19H,6,9,12-14,16H2,1H3,(H2,26,30)/t19-/m1/s1. The zero-order valence-corrected chi connectivity index (χ0v) is 17.7. The highest BCUT2D eigenvalue weighted by molar-refractivity contribution is 5.97. The number of hydrogen-bond acceptors (Lipinski definition) is 4. The number of piperidine rings is 1. The smallest absolute Gasteiger partial charge is 0.250 e. The van der Waals surface area contributed by atoms with Crippen molar-refractivity contribution in [2.24, 2.45) is 5.73 Å². The summed E-state index contributed by atoms with van der Waals surface area (Å²) in [6.45, 7) is 1.27. The fourth-order valence-electron chi connectivity index (χ4n) is 4.38. The largest absolute Gasteiger partial charge is 0.496 e. The molecule has 0 aliphatic carbocycles. The number of amides is 2. The van der Waals surface area contributed by atoms with Gasteiger partial charge in [-0.1, -0.05) is 36.4 Å². The van der Waals surface area contributed by atoms with Crippen LogP contribution in [0, 0.1) is 0 Å². The lowest BCUT2D eigenvalue weighted by atomic mass is 9.90. The molecule has 1 atom stereocenters. The van der Waals surface area contributed by atoms with Gasteiger partial charge in [0.05, 0.1) is 23.9 Å². The topological polar surface area (TPSA) is 85.5 Å². The number of aromatic nitrogens is 1. The number of carbonyl (C=O) groups is 2. The molecule has 6 heteroatoms. The quantitative estimate of drug-likeness (QED) is 0.663. The molecule has 31 heavy (non-hydrogen) atoms. The summed E-state index contributed by atoms with van der Waals surface area (Å²) in [4.78, 5) is 31.8. The number of benzene rings is 2. The molecular weight excluding hydrogens is 390 g/mol. The molecule has 2 aromatic carbocycles. The average Bonchev–Trinajstić information content (AvgIpc) is 2.81. The zero-order valence-electron chi connectivity index (χ0n) is 17.7. The summed E-state index contributed by atoms with van der Waals surface area (Å²) in [5.41, 5.74) is 8.69. The summed E-state index contributed by atoms with van der Waals surface area (Å²) < 4.78 is 5.39. The molecule has 0 bridgehead atoms. The Morgan fingerprint density at radius 1 is 1.16 bits per heavy atom. The Hall–Kier alpha value is -3.41. The summed E-state index contributed by atoms with van der Waals surface area (Å²) in [5.74, 6) is 0.430. The first-order valence-corrected chi connectivity index (χ1v) is 10.7. The Labute approximate surface area is 182 Å². The molecule has 1 fully saturated rings. The van der Waals surface area contributed by atoms with Crippen LogP contribution in [0.15, 0.2) is 54.6 Å². The van der Waals surface area contributed by atoms with Gasteiger partial charge in [0.15, 0.2) is 0 Å². The van der Waals surface area contributed by atoms with Crippen LogP contribution in [0.1, 0.15) is 46.8 Å². The highest BCUT2D eigenvalue weighted by atomic mass is 16.5. The van der Waals surface area contributed by atoms with E-state index in [0.29, 0.717) is 30.6 Å². The van der Waals surface area contributed by atoms with Gasteiger partial charge in [0.2, 0.25) is 5.91 Å². The molecule has 3 aromatic rings. The van der Waals surface area contributed by atoms with Crippen LogP contribution in [0.2, 0.25) is 0 Å². The van der Waals surface area contributed by atoms with E-state index in [0.717, 1.165) is 41.6 Å². The monoisotopic (exact) mass is 417 g/mol. The van der Waals surface area contributed by atoms with Crippen molar-refractivity contribution >= 4 is 22.7 Å². The molecule has 2 heterocycles. The first-order valence-electron chi connectivity index (χ1n) is 10.7. The summed E-state index contributed by atoms with van der Waals surface area (Å²) >= 11 is 0. The number of nitrogens with two attached hydrogens (primary N) is 1. The molecule has 1 aliphatic rings. The van der Waals surface area contributed by atoms with E-state index in [1.165, 1.54) is 0 Å². The molecule has 0 unspecified atom stereocenters. The maximum absolute atomic E-state index is 13.0. The van der Waals surface area contributed by atoms with Gasteiger partial charge in [-0.05, 0) is 43.0 Å². The number of pyridine rings is 1. The van der Waals surface area contributed by atoms with Crippen LogP contribution >= 0.6 is 0 Å². The van der Waals surface area contributed by atoms with Gasteiger partial charge in [-0.25, -0.2) is 0 Å². The number of likely N-dealkylation sites (tertiary alicyclic amines) is 1. The lowest BCUT2D eigenvalue weighted by Gasteiger charge is -2.33. The van der Waals surface area contributed by atoms with Crippen molar-refractivity contribution in [2.45, 2.75) is 31.6 Å². The molecular formula is C25H27N3O3. The third kappa shape index (κ3) is 4.53. The van der Waals surface area contributed by atoms with Crippen LogP contribution < -0.4 is 10.5 Å². The number of aryl methyl sites for hydroxylation is 1. The van der Waals surface area contributed by atoms with Gasteiger partial charge in [-0.2, -0.15) is 0 Å². The number of rotatable bonds is 6. The molecule has 160 valence electrons. The molecule has 6 nitrogen and oxygen atoms in total. The Bertz CT molecular complexity index is 1110. The van der Waals surface area contributed by atoms with Crippen molar-refractivity contribution in [3.05, 3.63) is 71.4 Å². The Balaban J connectivity index is 1.51. The fourth-order valence-corrected chi connectivity index (χ4v) is 4.38. The van der Waals surface area contributed by atoms with E-state index in [1.54, 1.807) is 7.11 Å². The number of primary amides is 1. The predicted molar refractivity (Wildman–Crippen MR) is 120 cm³/mol. The number of ether oxygens (including phenoxy) is 1. The summed E-state index contributed by atoms with van der Waals surface area (Å²) in [7, 11) is 1.64. The number of para-hydroxylation sites is 2. The molecule has 4 rings (SSSR count). The average molecular weight is 418 g/mol. The number of carbonyl (C=O) groups excluding carboxylic acids is 2. The first kappa shape index (κ1) is 20.8. The SMILES string of the molecule is COc1ccccc1CCC(=O)N1CCC[C@@H](c2nc3ccccc3cc2C(N)=O)C1. The van der Waals surface area contributed by atoms with Crippen molar-refractivity contribution in [1.82, 2.24) is 9.88 Å². The molecule has 2 N–H and O–H groups in total. The number of hydrogen-bond donors (Lipinski definition) is 1. The molecule has 0 spiro atoms. The van der Waals surface area contributed by atoms with Crippen LogP contribution in [0.3, 0.4) is 0 Å². The minimum Gasteiger partial charge on any atom is -0.496 e. The van der Waals surface area contributed by atoms with Crippen molar-refractivity contribution < 1.29 is 14.3 Å². The van der Waals surface area contributed by atoms with Crippen molar-refractivity contribution in [3.8, 4) is 5.75 Å². The maximum atomic E-state index is 13.0. The van der Waals surface area contributed by atoms with E-state index in [4.69, 9.17) is 15.5 Å². The van der Waals surface area contributed by atoms with Crippen molar-refractivity contribution in [1.29, 1.82) is 0 Å². The Morgan fingerprint density at radius 2 is 1.94 bits per heavy atom. The van der Waals surface area contributed by atoms with Crippen LogP contribution in [0.25, 0.3) is 10.9 Å². The van der Waals surface area contributed by atoms with Crippen LogP contribution in [-0.2, 0) is 11.2 Å². The van der Waals surface area contributed by atoms with E-state index >= 15 is 0 Å². The molecule has 1 aliphatic heterocycles. The third-order valence-electron chi connectivity index (χ3n) is 5.98. The molecule has 0 saturated carbocycles. The summed E-state index contributed by atoms with van der Waals surface area (Å²) in [5, 5.41) is 0.889. The predicted octanol–water partition coefficient (Wildman–Crippen LogP) is 3.68. The van der Waals surface area contributed by atoms with Crippen molar-refractivity contribution in [2.75, 3.05) is 20.2 Å². The highest BCUT2D eigenvalue weighted by Crippen LogP contribution is 2.30. The van der Waals surface area contributed by atoms with E-state index in [2.05, 4.69) is 0 Å². The lowest BCUT2D eigenvalue weighted by Crippen LogP contribution is -2.40. The maximum Gasteiger partial charge on any atom is 0.250 e. The van der Waals surface area contributed by atoms with Crippen LogP contribution in [0.4, 0.5) is 0 Å². The molecule has 1 saturated heterocycles. The van der Waals surface area contributed by atoms with Gasteiger partial charge in [0.25, 0.3) is 5.91 Å². The van der Waals surface area contributed by atoms with Gasteiger partial charge in [-0.3, -0.25) is 14.6 Å². The molecule has 1 aromatic heterocycles. The molecule has 0 radical (unpaired) electrons. The normalized spacial score (nSPS) is 16.3. The number of fused-ring (bicyclic) bond motifs is 1. The van der Waals surface area contributed by atoms with Gasteiger partial charge in [-0.15, -0.1) is 0 Å². The number of methoxy groups -OCH3 is 1. The van der Waals surface area contributed by atoms with Crippen LogP contribution in [-0.4, -0.2) is 41.9 Å². The van der Waals surface area contributed by atoms with Crippen LogP contribution in [0.5, 0.6) is 5.75 Å². The Morgan fingerprint density at radius 3 is 2.74 bits per heavy atom. The van der Waals surface area contributed by atoms with Gasteiger partial charge >= 0.3 is 0 Å². The second kappa shape index (κ2) is 9.16. The summed E-state index contributed by atoms with van der Waals surface area (Å²) in [6, 6.07) is 17.3. The second-order valence-corrected chi connectivity index (χ2v) is 7.97. The van der Waals surface area contributed by atoms with E-state index < -0.39 is 5.91 Å². The van der Waals surface area contributed by atoms with Gasteiger partial charge in [0, 0.05) is 30.8 Å². The van der Waals surface area contributed by atoms with E-state index in [-0.39, 0.29) is 11.8 Å². The van der Waals surface area contributed by atoms with Gasteiger partial charge in [0.1, 0.15) is 5.75 Å². The molecule has 2 amide bonds. The Kier molecular flexibility index (Phi) is 6.16. The fraction of sp³-hybridized carbons (Fsp3) is 0.320. The van der Waals surface area contributed by atoms with E-state index in [1.807, 2.05) is 59.5 Å². The first-order chi connectivity index (χ1) is 15.1. The van der Waals surface area contributed by atoms with E-state index in [9.17, 15) is 9.59 Å². The number of nitrogens with zero attached hydrogens (tertiary/aromatic N) is 2. The minimum absolute atomic E-state index is 0.00364. The minimum atomic E-state index is -0.479. The summed E-state index contributed by atoms with van der Waals surface area (Å²) in [6.07, 6.45) is 2.80. The zero-order chi connectivity index (χ0) is 21.8.